The third-order valence-electron chi connectivity index (χ3n) is 5.36. The van der Waals surface area contributed by atoms with Crippen LogP contribution in [-0.4, -0.2) is 58.1 Å². The highest BCUT2D eigenvalue weighted by Gasteiger charge is 2.48. The fourth-order valence-electron chi connectivity index (χ4n) is 3.71. The van der Waals surface area contributed by atoms with E-state index in [1.165, 1.54) is 0 Å². The summed E-state index contributed by atoms with van der Waals surface area (Å²) in [5, 5.41) is 0. The van der Waals surface area contributed by atoms with Crippen molar-refractivity contribution in [1.82, 2.24) is 14.8 Å². The van der Waals surface area contributed by atoms with Crippen molar-refractivity contribution in [2.45, 2.75) is 58.1 Å². The third-order valence-corrected chi connectivity index (χ3v) is 5.36. The molecule has 0 bridgehead atoms. The molecule has 1 spiro atoms. The van der Waals surface area contributed by atoms with Gasteiger partial charge in [-0.2, -0.15) is 0 Å². The van der Waals surface area contributed by atoms with Crippen LogP contribution in [0.3, 0.4) is 0 Å². The Hall–Kier alpha value is -2.11. The molecule has 2 fully saturated rings. The Labute approximate surface area is 149 Å². The van der Waals surface area contributed by atoms with Gasteiger partial charge in [0.1, 0.15) is 5.60 Å². The zero-order valence-electron chi connectivity index (χ0n) is 15.3. The molecule has 0 aliphatic carbocycles. The maximum absolute atomic E-state index is 12.6. The van der Waals surface area contributed by atoms with E-state index in [9.17, 15) is 9.59 Å². The third kappa shape index (κ3) is 3.62. The van der Waals surface area contributed by atoms with Crippen molar-refractivity contribution in [3.8, 4) is 0 Å². The molecule has 1 atom stereocenters. The van der Waals surface area contributed by atoms with E-state index in [0.29, 0.717) is 38.0 Å². The van der Waals surface area contributed by atoms with E-state index >= 15 is 0 Å². The lowest BCUT2D eigenvalue weighted by Crippen LogP contribution is -2.49. The Balaban J connectivity index is 1.61. The van der Waals surface area contributed by atoms with Gasteiger partial charge in [-0.3, -0.25) is 9.78 Å². The number of carbonyl (C=O) groups is 2. The number of nitrogens with zero attached hydrogens (tertiary/aromatic N) is 3. The molecule has 0 N–H and O–H groups in total. The lowest BCUT2D eigenvalue weighted by molar-refractivity contribution is 0.00306. The van der Waals surface area contributed by atoms with Crippen molar-refractivity contribution < 1.29 is 14.3 Å². The molecule has 136 valence electrons. The van der Waals surface area contributed by atoms with Crippen molar-refractivity contribution in [1.29, 1.82) is 0 Å². The summed E-state index contributed by atoms with van der Waals surface area (Å²) < 4.78 is 5.76. The van der Waals surface area contributed by atoms with Gasteiger partial charge in [0.25, 0.3) is 5.91 Å². The number of amides is 2. The molecule has 2 aliphatic heterocycles. The first-order valence-corrected chi connectivity index (χ1v) is 9.16. The smallest absolute Gasteiger partial charge is 0.410 e. The molecule has 3 rings (SSSR count). The number of hydrogen-bond donors (Lipinski definition) is 0. The minimum atomic E-state index is -0.429. The molecular formula is C19H27N3O3. The second-order valence-electron chi connectivity index (χ2n) is 7.30. The first kappa shape index (κ1) is 17.7. The first-order chi connectivity index (χ1) is 11.9. The van der Waals surface area contributed by atoms with Crippen LogP contribution < -0.4 is 0 Å². The molecule has 1 aromatic rings. The molecule has 0 saturated carbocycles. The van der Waals surface area contributed by atoms with Crippen molar-refractivity contribution in [3.05, 3.63) is 29.6 Å². The molecule has 2 saturated heterocycles. The quantitative estimate of drug-likeness (QED) is 0.841. The molecule has 3 heterocycles. The normalized spacial score (nSPS) is 20.7. The summed E-state index contributed by atoms with van der Waals surface area (Å²) in [6.45, 7) is 7.95. The molecule has 0 radical (unpaired) electrons. The standard InChI is InChI=1S/C19H27N3O3/c1-4-5-15(3)22-13-19(25-18(22)24)8-10-21(11-9-19)17(23)16-7-6-14(2)20-12-16/h6-7,12,15H,4-5,8-11,13H2,1-3H3/t15-/m0/s1. The summed E-state index contributed by atoms with van der Waals surface area (Å²) in [7, 11) is 0. The van der Waals surface area contributed by atoms with E-state index in [0.717, 1.165) is 18.5 Å². The molecular weight excluding hydrogens is 318 g/mol. The Bertz CT molecular complexity index is 636. The van der Waals surface area contributed by atoms with Crippen molar-refractivity contribution >= 4 is 12.0 Å². The van der Waals surface area contributed by atoms with Crippen LogP contribution in [0.1, 0.15) is 55.6 Å². The zero-order valence-corrected chi connectivity index (χ0v) is 15.3. The number of aromatic nitrogens is 1. The van der Waals surface area contributed by atoms with Gasteiger partial charge >= 0.3 is 6.09 Å². The summed E-state index contributed by atoms with van der Waals surface area (Å²) in [6.07, 6.45) is 4.84. The Kier molecular flexibility index (Phi) is 4.97. The number of pyridine rings is 1. The van der Waals surface area contributed by atoms with Crippen LogP contribution in [-0.2, 0) is 4.74 Å². The van der Waals surface area contributed by atoms with Gasteiger partial charge in [-0.25, -0.2) is 4.79 Å². The van der Waals surface area contributed by atoms with Gasteiger partial charge < -0.3 is 14.5 Å². The zero-order chi connectivity index (χ0) is 18.0. The highest BCUT2D eigenvalue weighted by molar-refractivity contribution is 5.94. The fourth-order valence-corrected chi connectivity index (χ4v) is 3.71. The monoisotopic (exact) mass is 345 g/mol. The van der Waals surface area contributed by atoms with Crippen molar-refractivity contribution in [2.24, 2.45) is 0 Å². The van der Waals surface area contributed by atoms with Crippen molar-refractivity contribution in [2.75, 3.05) is 19.6 Å². The lowest BCUT2D eigenvalue weighted by atomic mass is 9.90. The van der Waals surface area contributed by atoms with E-state index in [1.807, 2.05) is 28.9 Å². The number of hydrogen-bond acceptors (Lipinski definition) is 4. The van der Waals surface area contributed by atoms with Crippen LogP contribution in [0.2, 0.25) is 0 Å². The molecule has 2 aliphatic rings. The van der Waals surface area contributed by atoms with Gasteiger partial charge in [0.15, 0.2) is 0 Å². The van der Waals surface area contributed by atoms with Gasteiger partial charge in [0.05, 0.1) is 12.1 Å². The molecule has 1 aromatic heterocycles. The topological polar surface area (TPSA) is 62.7 Å². The number of rotatable bonds is 4. The molecule has 6 nitrogen and oxygen atoms in total. The maximum atomic E-state index is 12.6. The van der Waals surface area contributed by atoms with E-state index in [1.54, 1.807) is 6.20 Å². The van der Waals surface area contributed by atoms with Gasteiger partial charge in [0, 0.05) is 43.9 Å². The predicted molar refractivity (Wildman–Crippen MR) is 94.4 cm³/mol. The minimum absolute atomic E-state index is 0.00267. The van der Waals surface area contributed by atoms with Gasteiger partial charge in [-0.1, -0.05) is 13.3 Å². The van der Waals surface area contributed by atoms with Gasteiger partial charge in [0.2, 0.25) is 0 Å². The van der Waals surface area contributed by atoms with E-state index in [4.69, 9.17) is 4.74 Å². The summed E-state index contributed by atoms with van der Waals surface area (Å²) in [6, 6.07) is 3.87. The van der Waals surface area contributed by atoms with Crippen LogP contribution in [0.15, 0.2) is 18.3 Å². The Morgan fingerprint density at radius 3 is 2.68 bits per heavy atom. The van der Waals surface area contributed by atoms with E-state index < -0.39 is 5.60 Å². The SMILES string of the molecule is CCC[C@H](C)N1CC2(CCN(C(=O)c3ccc(C)nc3)CC2)OC1=O. The predicted octanol–water partition coefficient (Wildman–Crippen LogP) is 3.01. The van der Waals surface area contributed by atoms with Crippen LogP contribution in [0.25, 0.3) is 0 Å². The second-order valence-corrected chi connectivity index (χ2v) is 7.30. The van der Waals surface area contributed by atoms with Crippen LogP contribution in [0.4, 0.5) is 4.79 Å². The summed E-state index contributed by atoms with van der Waals surface area (Å²) >= 11 is 0. The van der Waals surface area contributed by atoms with Gasteiger partial charge in [-0.05, 0) is 32.4 Å². The molecule has 2 amide bonds. The molecule has 0 unspecified atom stereocenters. The summed E-state index contributed by atoms with van der Waals surface area (Å²) in [4.78, 5) is 32.7. The average Bonchev–Trinajstić information content (AvgIpc) is 2.92. The summed E-state index contributed by atoms with van der Waals surface area (Å²) in [5.41, 5.74) is 1.08. The van der Waals surface area contributed by atoms with E-state index in [2.05, 4.69) is 18.8 Å². The fraction of sp³-hybridized carbons (Fsp3) is 0.632. The molecule has 6 heteroatoms. The number of aryl methyl sites for hydroxylation is 1. The number of likely N-dealkylation sites (tertiary alicyclic amines) is 1. The number of carbonyl (C=O) groups excluding carboxylic acids is 2. The lowest BCUT2D eigenvalue weighted by Gasteiger charge is -2.37. The minimum Gasteiger partial charge on any atom is -0.441 e. The van der Waals surface area contributed by atoms with Crippen molar-refractivity contribution in [3.63, 3.8) is 0 Å². The summed E-state index contributed by atoms with van der Waals surface area (Å²) in [5.74, 6) is 0.00267. The number of piperidine rings is 1. The largest absolute Gasteiger partial charge is 0.441 e. The maximum Gasteiger partial charge on any atom is 0.410 e. The molecule has 25 heavy (non-hydrogen) atoms. The average molecular weight is 345 g/mol. The Morgan fingerprint density at radius 2 is 2.08 bits per heavy atom. The second kappa shape index (κ2) is 7.02. The van der Waals surface area contributed by atoms with Crippen LogP contribution in [0, 0.1) is 6.92 Å². The molecule has 0 aromatic carbocycles. The first-order valence-electron chi connectivity index (χ1n) is 9.16. The van der Waals surface area contributed by atoms with Crippen LogP contribution in [0.5, 0.6) is 0 Å². The van der Waals surface area contributed by atoms with E-state index in [-0.39, 0.29) is 18.0 Å². The van der Waals surface area contributed by atoms with Gasteiger partial charge in [-0.15, -0.1) is 0 Å². The Morgan fingerprint density at radius 1 is 1.36 bits per heavy atom. The highest BCUT2D eigenvalue weighted by atomic mass is 16.6. The van der Waals surface area contributed by atoms with Crippen LogP contribution >= 0.6 is 0 Å². The number of ether oxygens (including phenoxy) is 1. The highest BCUT2D eigenvalue weighted by Crippen LogP contribution is 2.35.